The zero-order valence-electron chi connectivity index (χ0n) is 13.0. The first-order valence-electron chi connectivity index (χ1n) is 7.10. The second-order valence-corrected chi connectivity index (χ2v) is 5.94. The van der Waals surface area contributed by atoms with E-state index in [0.29, 0.717) is 32.5 Å². The molecule has 0 spiro atoms. The van der Waals surface area contributed by atoms with E-state index in [1.165, 1.54) is 18.0 Å². The monoisotopic (exact) mass is 387 g/mol. The second kappa shape index (κ2) is 6.45. The van der Waals surface area contributed by atoms with Gasteiger partial charge in [-0.1, -0.05) is 12.1 Å². The third-order valence-corrected chi connectivity index (χ3v) is 4.13. The van der Waals surface area contributed by atoms with Crippen LogP contribution in [0.3, 0.4) is 0 Å². The summed E-state index contributed by atoms with van der Waals surface area (Å²) >= 11 is 3.25. The van der Waals surface area contributed by atoms with Gasteiger partial charge in [-0.3, -0.25) is 4.79 Å². The Morgan fingerprint density at radius 2 is 2.08 bits per heavy atom. The lowest BCUT2D eigenvalue weighted by Gasteiger charge is -2.07. The van der Waals surface area contributed by atoms with Crippen molar-refractivity contribution in [2.24, 2.45) is 5.10 Å². The molecule has 0 saturated carbocycles. The predicted octanol–water partition coefficient (Wildman–Crippen LogP) is 3.06. The first-order chi connectivity index (χ1) is 11.5. The summed E-state index contributed by atoms with van der Waals surface area (Å²) in [4.78, 5) is 16.9. The number of methoxy groups -OCH3 is 1. The first kappa shape index (κ1) is 16.2. The number of aryl methyl sites for hydroxylation is 1. The fraction of sp³-hybridized carbons (Fsp3) is 0.118. The molecule has 0 atom stereocenters. The van der Waals surface area contributed by atoms with Crippen molar-refractivity contribution in [1.82, 2.24) is 9.66 Å². The van der Waals surface area contributed by atoms with Gasteiger partial charge in [0.2, 0.25) is 0 Å². The summed E-state index contributed by atoms with van der Waals surface area (Å²) in [5.74, 6) is 1.03. The third-order valence-electron chi connectivity index (χ3n) is 3.53. The van der Waals surface area contributed by atoms with Gasteiger partial charge >= 0.3 is 0 Å². The van der Waals surface area contributed by atoms with Crippen LogP contribution >= 0.6 is 15.9 Å². The number of phenolic OH excluding ortho intramolecular Hbond substituents is 1. The summed E-state index contributed by atoms with van der Waals surface area (Å²) in [6.45, 7) is 1.70. The van der Waals surface area contributed by atoms with E-state index in [1.807, 2.05) is 6.07 Å². The normalized spacial score (nSPS) is 11.3. The van der Waals surface area contributed by atoms with Crippen LogP contribution in [0.15, 0.2) is 50.8 Å². The van der Waals surface area contributed by atoms with E-state index in [9.17, 15) is 9.90 Å². The van der Waals surface area contributed by atoms with Crippen LogP contribution in [-0.2, 0) is 0 Å². The molecule has 0 unspecified atom stereocenters. The highest BCUT2D eigenvalue weighted by atomic mass is 79.9. The van der Waals surface area contributed by atoms with Crippen LogP contribution in [0.1, 0.15) is 11.4 Å². The summed E-state index contributed by atoms with van der Waals surface area (Å²) < 4.78 is 6.84. The lowest BCUT2D eigenvalue weighted by atomic mass is 10.2. The maximum Gasteiger partial charge on any atom is 0.282 e. The third kappa shape index (κ3) is 2.90. The van der Waals surface area contributed by atoms with E-state index in [0.717, 1.165) is 0 Å². The molecule has 6 nitrogen and oxygen atoms in total. The van der Waals surface area contributed by atoms with E-state index in [1.54, 1.807) is 37.3 Å². The van der Waals surface area contributed by atoms with Gasteiger partial charge in [0.25, 0.3) is 5.56 Å². The SMILES string of the molecule is COc1cc(Br)c(O)c(C=Nn2c(C)nc3ccccc3c2=O)c1. The minimum absolute atomic E-state index is 0.0130. The molecule has 0 aliphatic rings. The number of fused-ring (bicyclic) bond motifs is 1. The molecule has 24 heavy (non-hydrogen) atoms. The average molecular weight is 388 g/mol. The largest absolute Gasteiger partial charge is 0.506 e. The van der Waals surface area contributed by atoms with Crippen molar-refractivity contribution in [3.05, 3.63) is 62.6 Å². The van der Waals surface area contributed by atoms with E-state index < -0.39 is 0 Å². The molecule has 0 aliphatic heterocycles. The Bertz CT molecular complexity index is 1010. The molecule has 0 fully saturated rings. The summed E-state index contributed by atoms with van der Waals surface area (Å²) in [5.41, 5.74) is 0.773. The smallest absolute Gasteiger partial charge is 0.282 e. The zero-order chi connectivity index (χ0) is 17.3. The molecule has 3 rings (SSSR count). The molecule has 0 saturated heterocycles. The average Bonchev–Trinajstić information content (AvgIpc) is 2.58. The molecule has 0 radical (unpaired) electrons. The molecule has 1 aromatic heterocycles. The lowest BCUT2D eigenvalue weighted by Crippen LogP contribution is -2.20. The topological polar surface area (TPSA) is 76.7 Å². The van der Waals surface area contributed by atoms with Crippen molar-refractivity contribution in [3.8, 4) is 11.5 Å². The molecule has 0 aliphatic carbocycles. The van der Waals surface area contributed by atoms with Crippen molar-refractivity contribution in [2.45, 2.75) is 6.92 Å². The van der Waals surface area contributed by atoms with Gasteiger partial charge in [-0.15, -0.1) is 0 Å². The standard InChI is InChI=1S/C17H14BrN3O3/c1-10-20-15-6-4-3-5-13(15)17(23)21(10)19-9-11-7-12(24-2)8-14(18)16(11)22/h3-9,22H,1-2H3. The van der Waals surface area contributed by atoms with Crippen LogP contribution in [0.2, 0.25) is 0 Å². The molecular formula is C17H14BrN3O3. The fourth-order valence-electron chi connectivity index (χ4n) is 2.30. The van der Waals surface area contributed by atoms with Gasteiger partial charge in [0, 0.05) is 5.56 Å². The summed E-state index contributed by atoms with van der Waals surface area (Å²) in [6.07, 6.45) is 1.40. The van der Waals surface area contributed by atoms with Gasteiger partial charge < -0.3 is 9.84 Å². The number of nitrogens with zero attached hydrogens (tertiary/aromatic N) is 3. The number of hydrogen-bond donors (Lipinski definition) is 1. The number of ether oxygens (including phenoxy) is 1. The quantitative estimate of drug-likeness (QED) is 0.700. The second-order valence-electron chi connectivity index (χ2n) is 5.08. The highest BCUT2D eigenvalue weighted by molar-refractivity contribution is 9.10. The molecule has 0 amide bonds. The molecule has 7 heteroatoms. The van der Waals surface area contributed by atoms with Crippen molar-refractivity contribution >= 4 is 33.0 Å². The Morgan fingerprint density at radius 1 is 1.33 bits per heavy atom. The number of hydrogen-bond acceptors (Lipinski definition) is 5. The Labute approximate surface area is 146 Å². The number of aromatic hydroxyl groups is 1. The number of benzene rings is 2. The molecule has 1 heterocycles. The Hall–Kier alpha value is -2.67. The predicted molar refractivity (Wildman–Crippen MR) is 96.1 cm³/mol. The maximum absolute atomic E-state index is 12.6. The van der Waals surface area contributed by atoms with Crippen LogP contribution in [0, 0.1) is 6.92 Å². The number of halogens is 1. The molecule has 1 N–H and O–H groups in total. The Balaban J connectivity index is 2.12. The minimum Gasteiger partial charge on any atom is -0.506 e. The van der Waals surface area contributed by atoms with Crippen LogP contribution in [-0.4, -0.2) is 28.1 Å². The molecule has 2 aromatic carbocycles. The van der Waals surface area contributed by atoms with E-state index >= 15 is 0 Å². The van der Waals surface area contributed by atoms with Crippen molar-refractivity contribution < 1.29 is 9.84 Å². The number of phenols is 1. The van der Waals surface area contributed by atoms with Gasteiger partial charge in [0.1, 0.15) is 17.3 Å². The minimum atomic E-state index is -0.268. The van der Waals surface area contributed by atoms with Gasteiger partial charge in [-0.2, -0.15) is 9.78 Å². The van der Waals surface area contributed by atoms with Crippen molar-refractivity contribution in [1.29, 1.82) is 0 Å². The van der Waals surface area contributed by atoms with Crippen LogP contribution < -0.4 is 10.3 Å². The maximum atomic E-state index is 12.6. The number of aromatic nitrogens is 2. The van der Waals surface area contributed by atoms with Gasteiger partial charge in [0.15, 0.2) is 0 Å². The van der Waals surface area contributed by atoms with Gasteiger partial charge in [-0.25, -0.2) is 4.98 Å². The summed E-state index contributed by atoms with van der Waals surface area (Å²) in [6, 6.07) is 10.4. The Morgan fingerprint density at radius 3 is 2.83 bits per heavy atom. The lowest BCUT2D eigenvalue weighted by molar-refractivity contribution is 0.411. The Kier molecular flexibility index (Phi) is 4.35. The molecule has 3 aromatic rings. The summed E-state index contributed by atoms with van der Waals surface area (Å²) in [5, 5.41) is 14.8. The van der Waals surface area contributed by atoms with E-state index in [-0.39, 0.29) is 11.3 Å². The first-order valence-corrected chi connectivity index (χ1v) is 7.90. The van der Waals surface area contributed by atoms with Crippen LogP contribution in [0.4, 0.5) is 0 Å². The van der Waals surface area contributed by atoms with Crippen molar-refractivity contribution in [2.75, 3.05) is 7.11 Å². The summed E-state index contributed by atoms with van der Waals surface area (Å²) in [7, 11) is 1.53. The number of rotatable bonds is 3. The molecule has 0 bridgehead atoms. The van der Waals surface area contributed by atoms with Crippen LogP contribution in [0.25, 0.3) is 10.9 Å². The van der Waals surface area contributed by atoms with Crippen molar-refractivity contribution in [3.63, 3.8) is 0 Å². The number of para-hydroxylation sites is 1. The molecule has 122 valence electrons. The van der Waals surface area contributed by atoms with E-state index in [4.69, 9.17) is 4.74 Å². The van der Waals surface area contributed by atoms with Gasteiger partial charge in [0.05, 0.1) is 28.7 Å². The van der Waals surface area contributed by atoms with Crippen LogP contribution in [0.5, 0.6) is 11.5 Å². The molecular weight excluding hydrogens is 374 g/mol. The zero-order valence-corrected chi connectivity index (χ0v) is 14.6. The highest BCUT2D eigenvalue weighted by Gasteiger charge is 2.09. The van der Waals surface area contributed by atoms with Gasteiger partial charge in [-0.05, 0) is 47.1 Å². The highest BCUT2D eigenvalue weighted by Crippen LogP contribution is 2.31. The fourth-order valence-corrected chi connectivity index (χ4v) is 2.76. The van der Waals surface area contributed by atoms with E-state index in [2.05, 4.69) is 26.0 Å².